The lowest BCUT2D eigenvalue weighted by atomic mass is 10.2. The van der Waals surface area contributed by atoms with Gasteiger partial charge in [0.15, 0.2) is 0 Å². The van der Waals surface area contributed by atoms with Crippen molar-refractivity contribution in [3.63, 3.8) is 0 Å². The highest BCUT2D eigenvalue weighted by molar-refractivity contribution is 5.82. The third kappa shape index (κ3) is 2.40. The molecule has 0 bridgehead atoms. The quantitative estimate of drug-likeness (QED) is 0.457. The van der Waals surface area contributed by atoms with Crippen molar-refractivity contribution in [2.75, 3.05) is 0 Å². The number of aliphatic carboxylic acids is 2. The number of hydrogen-bond acceptors (Lipinski definition) is 3. The Kier molecular flexibility index (Phi) is 2.30. The maximum Gasteiger partial charge on any atom is 0.357 e. The zero-order chi connectivity index (χ0) is 8.36. The fourth-order valence-electron chi connectivity index (χ4n) is 0.296. The largest absolute Gasteiger partial charge is 0.481 e. The van der Waals surface area contributed by atoms with Gasteiger partial charge in [-0.25, -0.2) is 9.18 Å². The summed E-state index contributed by atoms with van der Waals surface area (Å²) < 4.78 is 12.3. The van der Waals surface area contributed by atoms with E-state index in [1.807, 2.05) is 0 Å². The summed E-state index contributed by atoms with van der Waals surface area (Å²) in [6.07, 6.45) is -1.23. The summed E-state index contributed by atoms with van der Waals surface area (Å²) in [5, 5.41) is 15.8. The highest BCUT2D eigenvalue weighted by atomic mass is 19.1. The summed E-state index contributed by atoms with van der Waals surface area (Å²) in [7, 11) is 0. The fraction of sp³-hybridized carbons (Fsp3) is 0.500. The van der Waals surface area contributed by atoms with Gasteiger partial charge in [-0.1, -0.05) is 0 Å². The average Bonchev–Trinajstić information content (AvgIpc) is 1.60. The number of carboxylic acid groups (broad SMARTS) is 2. The van der Waals surface area contributed by atoms with Crippen molar-refractivity contribution in [3.05, 3.63) is 0 Å². The van der Waals surface area contributed by atoms with E-state index in [9.17, 15) is 14.0 Å². The Morgan fingerprint density at radius 3 is 2.00 bits per heavy atom. The number of alkyl halides is 1. The predicted molar refractivity (Wildman–Crippen MR) is 27.9 cm³/mol. The number of carboxylic acids is 2. The van der Waals surface area contributed by atoms with Gasteiger partial charge in [-0.3, -0.25) is 10.5 Å². The summed E-state index contributed by atoms with van der Waals surface area (Å²) in [4.78, 5) is 19.5. The third-order valence-electron chi connectivity index (χ3n) is 0.764. The fourth-order valence-corrected chi connectivity index (χ4v) is 0.296. The van der Waals surface area contributed by atoms with E-state index in [2.05, 4.69) is 5.73 Å². The molecule has 0 saturated carbocycles. The summed E-state index contributed by atoms with van der Waals surface area (Å²) in [6, 6.07) is 0. The van der Waals surface area contributed by atoms with Crippen LogP contribution in [0.3, 0.4) is 0 Å². The Hall–Kier alpha value is -1.17. The molecule has 0 aromatic rings. The molecule has 1 unspecified atom stereocenters. The second-order valence-electron chi connectivity index (χ2n) is 1.74. The Morgan fingerprint density at radius 1 is 1.50 bits per heavy atom. The van der Waals surface area contributed by atoms with E-state index >= 15 is 0 Å². The van der Waals surface area contributed by atoms with Crippen LogP contribution in [0.15, 0.2) is 0 Å². The minimum absolute atomic E-state index is 1.23. The molecule has 6 heteroatoms. The first-order valence-corrected chi connectivity index (χ1v) is 2.29. The van der Waals surface area contributed by atoms with Crippen LogP contribution in [0, 0.1) is 0 Å². The summed E-state index contributed by atoms with van der Waals surface area (Å²) in [5.41, 5.74) is 4.41. The molecule has 0 radical (unpaired) electrons. The summed E-state index contributed by atoms with van der Waals surface area (Å²) in [6.45, 7) is 0. The van der Waals surface area contributed by atoms with E-state index in [4.69, 9.17) is 10.2 Å². The maximum atomic E-state index is 12.3. The molecule has 0 aliphatic carbocycles. The van der Waals surface area contributed by atoms with Crippen molar-refractivity contribution in [1.29, 1.82) is 0 Å². The lowest BCUT2D eigenvalue weighted by Gasteiger charge is -2.10. The van der Waals surface area contributed by atoms with Gasteiger partial charge in [-0.15, -0.1) is 0 Å². The Morgan fingerprint density at radius 2 is 1.90 bits per heavy atom. The van der Waals surface area contributed by atoms with Gasteiger partial charge in [-0.2, -0.15) is 0 Å². The van der Waals surface area contributed by atoms with E-state index in [-0.39, 0.29) is 0 Å². The number of rotatable bonds is 3. The van der Waals surface area contributed by atoms with Gasteiger partial charge in [0.1, 0.15) is 6.42 Å². The molecule has 5 nitrogen and oxygen atoms in total. The molecule has 0 aliphatic heterocycles. The van der Waals surface area contributed by atoms with E-state index in [1.165, 1.54) is 0 Å². The molecule has 10 heavy (non-hydrogen) atoms. The van der Waals surface area contributed by atoms with Crippen molar-refractivity contribution in [2.24, 2.45) is 5.73 Å². The topological polar surface area (TPSA) is 101 Å². The predicted octanol–water partition coefficient (Wildman–Crippen LogP) is -0.830. The molecule has 0 saturated heterocycles. The molecular weight excluding hydrogens is 145 g/mol. The van der Waals surface area contributed by atoms with Crippen molar-refractivity contribution in [1.82, 2.24) is 0 Å². The number of hydrogen-bond donors (Lipinski definition) is 3. The van der Waals surface area contributed by atoms with E-state index in [1.54, 1.807) is 0 Å². The smallest absolute Gasteiger partial charge is 0.357 e. The third-order valence-corrected chi connectivity index (χ3v) is 0.764. The van der Waals surface area contributed by atoms with Crippen LogP contribution in [0.1, 0.15) is 6.42 Å². The SMILES string of the molecule is NC(F)(CC(=O)O)C(=O)O. The zero-order valence-electron chi connectivity index (χ0n) is 4.87. The van der Waals surface area contributed by atoms with Crippen LogP contribution in [0.2, 0.25) is 0 Å². The van der Waals surface area contributed by atoms with Crippen molar-refractivity contribution in [3.8, 4) is 0 Å². The van der Waals surface area contributed by atoms with Crippen LogP contribution in [-0.2, 0) is 9.59 Å². The average molecular weight is 151 g/mol. The monoisotopic (exact) mass is 151 g/mol. The van der Waals surface area contributed by atoms with E-state index in [0.29, 0.717) is 0 Å². The first-order chi connectivity index (χ1) is 4.36. The number of carbonyl (C=O) groups is 2. The van der Waals surface area contributed by atoms with Crippen molar-refractivity contribution in [2.45, 2.75) is 12.2 Å². The molecule has 0 heterocycles. The van der Waals surface area contributed by atoms with E-state index < -0.39 is 24.2 Å². The van der Waals surface area contributed by atoms with Gasteiger partial charge >= 0.3 is 11.9 Å². The van der Waals surface area contributed by atoms with Gasteiger partial charge in [0.05, 0.1) is 0 Å². The van der Waals surface area contributed by atoms with Crippen molar-refractivity contribution < 1.29 is 24.2 Å². The number of nitrogens with two attached hydrogens (primary N) is 1. The van der Waals surface area contributed by atoms with Gasteiger partial charge in [0.25, 0.3) is 5.79 Å². The zero-order valence-corrected chi connectivity index (χ0v) is 4.87. The summed E-state index contributed by atoms with van der Waals surface area (Å²) >= 11 is 0. The maximum absolute atomic E-state index is 12.3. The molecule has 1 atom stereocenters. The Balaban J connectivity index is 4.13. The first kappa shape index (κ1) is 8.83. The van der Waals surface area contributed by atoms with Crippen LogP contribution in [0.25, 0.3) is 0 Å². The normalized spacial score (nSPS) is 15.8. The Labute approximate surface area is 55.3 Å². The van der Waals surface area contributed by atoms with Crippen LogP contribution < -0.4 is 5.73 Å². The van der Waals surface area contributed by atoms with Gasteiger partial charge < -0.3 is 10.2 Å². The number of halogens is 1. The molecule has 0 amide bonds. The molecule has 58 valence electrons. The molecule has 0 fully saturated rings. The summed E-state index contributed by atoms with van der Waals surface area (Å²) in [5.74, 6) is -6.73. The molecule has 0 aromatic carbocycles. The molecule has 0 rings (SSSR count). The first-order valence-electron chi connectivity index (χ1n) is 2.29. The van der Waals surface area contributed by atoms with E-state index in [0.717, 1.165) is 0 Å². The van der Waals surface area contributed by atoms with Crippen molar-refractivity contribution >= 4 is 11.9 Å². The van der Waals surface area contributed by atoms with Crippen LogP contribution in [0.4, 0.5) is 4.39 Å². The van der Waals surface area contributed by atoms with Crippen LogP contribution in [0.5, 0.6) is 0 Å². The van der Waals surface area contributed by atoms with Gasteiger partial charge in [0.2, 0.25) is 0 Å². The van der Waals surface area contributed by atoms with Gasteiger partial charge in [0, 0.05) is 0 Å². The second-order valence-corrected chi connectivity index (χ2v) is 1.74. The second kappa shape index (κ2) is 2.61. The van der Waals surface area contributed by atoms with Gasteiger partial charge in [-0.05, 0) is 0 Å². The molecule has 4 N–H and O–H groups in total. The highest BCUT2D eigenvalue weighted by Crippen LogP contribution is 2.07. The standard InChI is InChI=1S/C4H6FNO4/c5-4(6,3(9)10)1-2(7)8/h1,6H2,(H,7,8)(H,9,10). The minimum atomic E-state index is -3.16. The molecule has 0 spiro atoms. The van der Waals surface area contributed by atoms with Crippen LogP contribution >= 0.6 is 0 Å². The Bertz CT molecular complexity index is 167. The lowest BCUT2D eigenvalue weighted by molar-refractivity contribution is -0.157. The van der Waals surface area contributed by atoms with Crippen LogP contribution in [-0.4, -0.2) is 27.9 Å². The molecule has 0 aliphatic rings. The minimum Gasteiger partial charge on any atom is -0.481 e. The molecule has 0 aromatic heterocycles. The highest BCUT2D eigenvalue weighted by Gasteiger charge is 2.36. The molecular formula is C4H6FNO4. The lowest BCUT2D eigenvalue weighted by Crippen LogP contribution is -2.45.